The van der Waals surface area contributed by atoms with Crippen LogP contribution >= 0.6 is 0 Å². The highest BCUT2D eigenvalue weighted by molar-refractivity contribution is 5.94. The Morgan fingerprint density at radius 2 is 1.74 bits per heavy atom. The van der Waals surface area contributed by atoms with Crippen LogP contribution < -0.4 is 16.4 Å². The second-order valence-corrected chi connectivity index (χ2v) is 7.31. The largest absolute Gasteiger partial charge is 0.354 e. The third-order valence-electron chi connectivity index (χ3n) is 4.97. The van der Waals surface area contributed by atoms with Gasteiger partial charge in [0.1, 0.15) is 0 Å². The highest BCUT2D eigenvalue weighted by atomic mass is 16.2. The fourth-order valence-corrected chi connectivity index (χ4v) is 3.06. The van der Waals surface area contributed by atoms with E-state index in [-0.39, 0.29) is 24.3 Å². The minimum absolute atomic E-state index is 0.0197. The van der Waals surface area contributed by atoms with Crippen LogP contribution in [0.1, 0.15) is 46.8 Å². The lowest BCUT2D eigenvalue weighted by molar-refractivity contribution is -0.121. The number of hydrogen-bond donors (Lipinski definition) is 3. The van der Waals surface area contributed by atoms with Crippen LogP contribution in [0.3, 0.4) is 0 Å². The Balaban J connectivity index is 1.64. The third kappa shape index (κ3) is 5.66. The molecule has 0 bridgehead atoms. The minimum atomic E-state index is -0.392. The Morgan fingerprint density at radius 1 is 1.07 bits per heavy atom. The minimum Gasteiger partial charge on any atom is -0.354 e. The van der Waals surface area contributed by atoms with Crippen molar-refractivity contribution in [2.24, 2.45) is 11.7 Å². The zero-order valence-electron chi connectivity index (χ0n) is 15.7. The molecular weight excluding hydrogens is 338 g/mol. The summed E-state index contributed by atoms with van der Waals surface area (Å²) in [4.78, 5) is 25.0. The molecule has 0 spiro atoms. The molecule has 0 saturated heterocycles. The summed E-state index contributed by atoms with van der Waals surface area (Å²) in [5.74, 6) is 0.243. The third-order valence-corrected chi connectivity index (χ3v) is 4.97. The van der Waals surface area contributed by atoms with Crippen molar-refractivity contribution >= 4 is 11.8 Å². The van der Waals surface area contributed by atoms with Gasteiger partial charge < -0.3 is 16.4 Å². The number of hydrogen-bond acceptors (Lipinski definition) is 3. The van der Waals surface area contributed by atoms with E-state index in [1.807, 2.05) is 49.4 Å². The molecule has 1 aliphatic rings. The first-order valence-corrected chi connectivity index (χ1v) is 9.47. The number of nitrogens with two attached hydrogens (primary N) is 1. The summed E-state index contributed by atoms with van der Waals surface area (Å²) in [6.07, 6.45) is 2.48. The second kappa shape index (κ2) is 8.82. The lowest BCUT2D eigenvalue weighted by Crippen LogP contribution is -2.40. The molecule has 1 saturated carbocycles. The van der Waals surface area contributed by atoms with Crippen LogP contribution in [-0.4, -0.2) is 24.4 Å². The van der Waals surface area contributed by atoms with Gasteiger partial charge in [-0.2, -0.15) is 0 Å². The van der Waals surface area contributed by atoms with Crippen molar-refractivity contribution in [1.82, 2.24) is 10.6 Å². The number of nitrogens with one attached hydrogen (secondary N) is 2. The van der Waals surface area contributed by atoms with E-state index in [4.69, 9.17) is 5.73 Å². The van der Waals surface area contributed by atoms with Crippen LogP contribution in [0.5, 0.6) is 0 Å². The van der Waals surface area contributed by atoms with Crippen molar-refractivity contribution in [2.45, 2.75) is 38.3 Å². The van der Waals surface area contributed by atoms with Gasteiger partial charge in [0, 0.05) is 18.2 Å². The summed E-state index contributed by atoms with van der Waals surface area (Å²) in [6, 6.07) is 16.6. The number of amides is 2. The van der Waals surface area contributed by atoms with Gasteiger partial charge in [-0.25, -0.2) is 0 Å². The molecule has 2 amide bonds. The van der Waals surface area contributed by atoms with Crippen molar-refractivity contribution in [3.8, 4) is 0 Å². The van der Waals surface area contributed by atoms with Gasteiger partial charge in [-0.05, 0) is 43.4 Å². The Kier molecular flexibility index (Phi) is 6.24. The molecule has 2 aromatic rings. The van der Waals surface area contributed by atoms with Gasteiger partial charge in [-0.15, -0.1) is 0 Å². The maximum Gasteiger partial charge on any atom is 0.251 e. The summed E-state index contributed by atoms with van der Waals surface area (Å²) < 4.78 is 0. The van der Waals surface area contributed by atoms with E-state index in [1.54, 1.807) is 12.1 Å². The Hall–Kier alpha value is -2.66. The summed E-state index contributed by atoms with van der Waals surface area (Å²) in [5.41, 5.74) is 8.63. The van der Waals surface area contributed by atoms with E-state index in [9.17, 15) is 9.59 Å². The molecule has 1 aliphatic carbocycles. The molecule has 4 N–H and O–H groups in total. The summed E-state index contributed by atoms with van der Waals surface area (Å²) >= 11 is 0. The predicted molar refractivity (Wildman–Crippen MR) is 106 cm³/mol. The molecule has 1 fully saturated rings. The van der Waals surface area contributed by atoms with E-state index in [0.29, 0.717) is 18.0 Å². The first kappa shape index (κ1) is 19.1. The molecule has 2 atom stereocenters. The van der Waals surface area contributed by atoms with Gasteiger partial charge in [-0.3, -0.25) is 9.59 Å². The molecule has 0 aliphatic heterocycles. The van der Waals surface area contributed by atoms with E-state index < -0.39 is 6.04 Å². The van der Waals surface area contributed by atoms with Crippen molar-refractivity contribution in [1.29, 1.82) is 0 Å². The van der Waals surface area contributed by atoms with Gasteiger partial charge in [-0.1, -0.05) is 48.0 Å². The zero-order chi connectivity index (χ0) is 19.2. The molecule has 0 heterocycles. The number of carbonyl (C=O) groups is 2. The van der Waals surface area contributed by atoms with Gasteiger partial charge in [0.2, 0.25) is 5.91 Å². The fourth-order valence-electron chi connectivity index (χ4n) is 3.06. The number of rotatable bonds is 8. The molecule has 27 heavy (non-hydrogen) atoms. The molecule has 0 radical (unpaired) electrons. The lowest BCUT2D eigenvalue weighted by Gasteiger charge is -2.20. The zero-order valence-corrected chi connectivity index (χ0v) is 15.7. The van der Waals surface area contributed by atoms with E-state index in [2.05, 4.69) is 10.6 Å². The van der Waals surface area contributed by atoms with Crippen molar-refractivity contribution in [2.75, 3.05) is 6.54 Å². The van der Waals surface area contributed by atoms with E-state index in [1.165, 1.54) is 0 Å². The Labute approximate surface area is 160 Å². The monoisotopic (exact) mass is 365 g/mol. The van der Waals surface area contributed by atoms with Gasteiger partial charge in [0.05, 0.1) is 12.5 Å². The number of aryl methyl sites for hydroxylation is 1. The highest BCUT2D eigenvalue weighted by Crippen LogP contribution is 2.31. The van der Waals surface area contributed by atoms with Gasteiger partial charge >= 0.3 is 0 Å². The van der Waals surface area contributed by atoms with Crippen LogP contribution in [-0.2, 0) is 4.79 Å². The maximum absolute atomic E-state index is 12.6. The molecule has 5 nitrogen and oxygen atoms in total. The van der Waals surface area contributed by atoms with E-state index >= 15 is 0 Å². The standard InChI is InChI=1S/C22H27N3O2/c1-15-7-9-18(10-8-15)22(27)25-20(17-5-3-2-4-6-17)13-21(26)24-14-19(23)16-11-12-16/h2-10,16,19-20H,11-14,23H2,1H3,(H,24,26)(H,25,27). The van der Waals surface area contributed by atoms with E-state index in [0.717, 1.165) is 24.0 Å². The SMILES string of the molecule is Cc1ccc(C(=O)NC(CC(=O)NCC(N)C2CC2)c2ccccc2)cc1. The van der Waals surface area contributed by atoms with Crippen LogP contribution in [0.15, 0.2) is 54.6 Å². The molecule has 2 aromatic carbocycles. The predicted octanol–water partition coefficient (Wildman–Crippen LogP) is 2.71. The summed E-state index contributed by atoms with van der Waals surface area (Å²) in [5, 5.41) is 5.90. The number of benzene rings is 2. The van der Waals surface area contributed by atoms with Crippen molar-refractivity contribution in [3.63, 3.8) is 0 Å². The normalized spacial score (nSPS) is 15.6. The number of carbonyl (C=O) groups excluding carboxylic acids is 2. The van der Waals surface area contributed by atoms with Crippen LogP contribution in [0.4, 0.5) is 0 Å². The molecule has 142 valence electrons. The van der Waals surface area contributed by atoms with Gasteiger partial charge in [0.15, 0.2) is 0 Å². The first-order chi connectivity index (χ1) is 13.0. The average molecular weight is 365 g/mol. The van der Waals surface area contributed by atoms with Crippen LogP contribution in [0.2, 0.25) is 0 Å². The molecule has 2 unspecified atom stereocenters. The Morgan fingerprint density at radius 3 is 2.37 bits per heavy atom. The smallest absolute Gasteiger partial charge is 0.251 e. The summed E-state index contributed by atoms with van der Waals surface area (Å²) in [6.45, 7) is 2.46. The Bertz CT molecular complexity index is 770. The molecule has 5 heteroatoms. The van der Waals surface area contributed by atoms with Crippen LogP contribution in [0, 0.1) is 12.8 Å². The topological polar surface area (TPSA) is 84.2 Å². The molecule has 0 aromatic heterocycles. The average Bonchev–Trinajstić information content (AvgIpc) is 3.52. The molecular formula is C22H27N3O2. The fraction of sp³-hybridized carbons (Fsp3) is 0.364. The maximum atomic E-state index is 12.6. The highest BCUT2D eigenvalue weighted by Gasteiger charge is 2.28. The van der Waals surface area contributed by atoms with Crippen molar-refractivity contribution in [3.05, 3.63) is 71.3 Å². The lowest BCUT2D eigenvalue weighted by atomic mass is 10.0. The van der Waals surface area contributed by atoms with Gasteiger partial charge in [0.25, 0.3) is 5.91 Å². The summed E-state index contributed by atoms with van der Waals surface area (Å²) in [7, 11) is 0. The second-order valence-electron chi connectivity index (χ2n) is 7.31. The van der Waals surface area contributed by atoms with Crippen molar-refractivity contribution < 1.29 is 9.59 Å². The quantitative estimate of drug-likeness (QED) is 0.672. The van der Waals surface area contributed by atoms with Crippen LogP contribution in [0.25, 0.3) is 0 Å². The molecule has 3 rings (SSSR count). The first-order valence-electron chi connectivity index (χ1n) is 9.47.